The topological polar surface area (TPSA) is 82.1 Å². The number of hydrogen-bond acceptors (Lipinski definition) is 6. The quantitative estimate of drug-likeness (QED) is 0.577. The maximum Gasteiger partial charge on any atom is 0.344 e. The van der Waals surface area contributed by atoms with Crippen LogP contribution in [0.4, 0.5) is 0 Å². The fourth-order valence-electron chi connectivity index (χ4n) is 0.251. The summed E-state index contributed by atoms with van der Waals surface area (Å²) in [5, 5.41) is 0. The van der Waals surface area contributed by atoms with Gasteiger partial charge in [-0.3, -0.25) is 9.13 Å². The Kier molecular flexibility index (Phi) is 2.80. The fraction of sp³-hybridized carbons (Fsp3) is 0. The molecule has 1 saturated heterocycles. The van der Waals surface area contributed by atoms with Crippen molar-refractivity contribution < 1.29 is 27.0 Å². The first-order chi connectivity index (χ1) is 4.18. The third-order valence-electron chi connectivity index (χ3n) is 0.472. The van der Waals surface area contributed by atoms with Crippen LogP contribution in [0.15, 0.2) is 0 Å². The Morgan fingerprint density at radius 3 is 2.00 bits per heavy atom. The molecule has 1 N–H and O–H groups in total. The number of hydrogen-bond donors (Lipinski definition) is 1. The molecule has 1 rings (SSSR count). The summed E-state index contributed by atoms with van der Waals surface area (Å²) in [6.45, 7) is 0. The van der Waals surface area contributed by atoms with Gasteiger partial charge in [0.2, 0.25) is 0 Å². The first-order valence-electron chi connectivity index (χ1n) is 1.79. The smallest absolute Gasteiger partial charge is 0.327 e. The summed E-state index contributed by atoms with van der Waals surface area (Å²) >= 11 is 0. The summed E-state index contributed by atoms with van der Waals surface area (Å²) in [5.74, 6) is 0. The Hall–Kier alpha value is 0.730. The summed E-state index contributed by atoms with van der Waals surface area (Å²) in [5.41, 5.74) is 0. The van der Waals surface area contributed by atoms with E-state index >= 15 is 0 Å². The van der Waals surface area contributed by atoms with E-state index in [2.05, 4.69) is 12.9 Å². The highest BCUT2D eigenvalue weighted by atomic mass is 31.3. The highest BCUT2D eigenvalue weighted by Crippen LogP contribution is 2.61. The monoisotopic (exact) mass is 192 g/mol. The van der Waals surface area contributed by atoms with Crippen molar-refractivity contribution in [3.8, 4) is 0 Å². The van der Waals surface area contributed by atoms with Crippen molar-refractivity contribution in [2.45, 2.75) is 0 Å². The van der Waals surface area contributed by atoms with Gasteiger partial charge in [-0.2, -0.15) is 0 Å². The normalized spacial score (nSPS) is 44.8. The van der Waals surface area contributed by atoms with Crippen molar-refractivity contribution in [2.75, 3.05) is 0 Å². The van der Waals surface area contributed by atoms with Crippen LogP contribution in [0.2, 0.25) is 0 Å². The van der Waals surface area contributed by atoms with Crippen LogP contribution >= 0.6 is 25.1 Å². The Balaban J connectivity index is 2.53. The second-order valence-corrected chi connectivity index (χ2v) is 4.78. The minimum Gasteiger partial charge on any atom is -0.327 e. The lowest BCUT2D eigenvalue weighted by molar-refractivity contribution is 0.304. The van der Waals surface area contributed by atoms with Gasteiger partial charge in [0.15, 0.2) is 0 Å². The lowest BCUT2D eigenvalue weighted by Gasteiger charge is -2.14. The van der Waals surface area contributed by atoms with E-state index < -0.39 is 25.1 Å². The van der Waals surface area contributed by atoms with E-state index in [-0.39, 0.29) is 0 Å². The SMILES string of the molecule is O=[PH]1OP(O)O[PH](=O)O1. The molecule has 9 heavy (non-hydrogen) atoms. The molecule has 0 aliphatic carbocycles. The van der Waals surface area contributed by atoms with Crippen molar-refractivity contribution in [3.63, 3.8) is 0 Å². The van der Waals surface area contributed by atoms with Gasteiger partial charge in [0.25, 0.3) is 0 Å². The van der Waals surface area contributed by atoms with Gasteiger partial charge in [0.1, 0.15) is 0 Å². The molecule has 0 spiro atoms. The van der Waals surface area contributed by atoms with Crippen LogP contribution in [0.25, 0.3) is 0 Å². The predicted octanol–water partition coefficient (Wildman–Crippen LogP) is 1.05. The van der Waals surface area contributed by atoms with E-state index in [1.807, 2.05) is 0 Å². The van der Waals surface area contributed by atoms with Gasteiger partial charge in [0.05, 0.1) is 0 Å². The van der Waals surface area contributed by atoms with Gasteiger partial charge in [-0.25, -0.2) is 12.9 Å². The standard InChI is InChI=1S/H3O6P3/c1-7-4-8(2)6-9(3)5-7/h1,8-9H. The largest absolute Gasteiger partial charge is 0.344 e. The van der Waals surface area contributed by atoms with Crippen LogP contribution in [-0.2, 0) is 22.1 Å². The molecule has 0 aromatic rings. The van der Waals surface area contributed by atoms with E-state index in [1.54, 1.807) is 0 Å². The summed E-state index contributed by atoms with van der Waals surface area (Å²) in [7, 11) is -7.74. The molecule has 0 radical (unpaired) electrons. The second kappa shape index (κ2) is 3.22. The third-order valence-corrected chi connectivity index (χ3v) is 4.25. The van der Waals surface area contributed by atoms with Crippen molar-refractivity contribution in [2.24, 2.45) is 0 Å². The van der Waals surface area contributed by atoms with E-state index in [4.69, 9.17) is 4.89 Å². The zero-order valence-electron chi connectivity index (χ0n) is 3.94. The zero-order chi connectivity index (χ0) is 6.85. The lowest BCUT2D eigenvalue weighted by atomic mass is 15.7. The summed E-state index contributed by atoms with van der Waals surface area (Å²) < 4.78 is 32.7. The molecule has 1 fully saturated rings. The highest BCUT2D eigenvalue weighted by molar-refractivity contribution is 7.63. The van der Waals surface area contributed by atoms with Crippen LogP contribution in [0.3, 0.4) is 0 Å². The summed E-state index contributed by atoms with van der Waals surface area (Å²) in [6, 6.07) is 0. The Morgan fingerprint density at radius 1 is 1.22 bits per heavy atom. The van der Waals surface area contributed by atoms with E-state index in [9.17, 15) is 9.13 Å². The van der Waals surface area contributed by atoms with Crippen LogP contribution in [0, 0.1) is 0 Å². The van der Waals surface area contributed by atoms with Crippen LogP contribution in [-0.4, -0.2) is 4.89 Å². The van der Waals surface area contributed by atoms with Crippen molar-refractivity contribution in [1.82, 2.24) is 0 Å². The van der Waals surface area contributed by atoms with Crippen LogP contribution in [0.5, 0.6) is 0 Å². The Bertz CT molecular complexity index is 134. The van der Waals surface area contributed by atoms with E-state index in [0.717, 1.165) is 0 Å². The van der Waals surface area contributed by atoms with Crippen molar-refractivity contribution in [3.05, 3.63) is 0 Å². The molecule has 1 aliphatic heterocycles. The maximum atomic E-state index is 10.2. The minimum atomic E-state index is -2.75. The molecule has 0 bridgehead atoms. The predicted molar refractivity (Wildman–Crippen MR) is 30.4 cm³/mol. The molecule has 0 amide bonds. The number of rotatable bonds is 0. The average molecular weight is 192 g/mol. The van der Waals surface area contributed by atoms with Crippen molar-refractivity contribution in [1.29, 1.82) is 0 Å². The molecule has 0 aromatic carbocycles. The first-order valence-corrected chi connectivity index (χ1v) is 5.37. The molecule has 2 unspecified atom stereocenters. The van der Waals surface area contributed by atoms with Gasteiger partial charge in [-0.05, 0) is 0 Å². The molecular formula is H3O6P3. The molecular weight excluding hydrogens is 189 g/mol. The van der Waals surface area contributed by atoms with Gasteiger partial charge in [-0.1, -0.05) is 0 Å². The van der Waals surface area contributed by atoms with Gasteiger partial charge in [0, 0.05) is 0 Å². The van der Waals surface area contributed by atoms with E-state index in [0.29, 0.717) is 0 Å². The Labute approximate surface area is 53.0 Å². The third kappa shape index (κ3) is 2.44. The van der Waals surface area contributed by atoms with Crippen molar-refractivity contribution >= 4 is 25.1 Å². The zero-order valence-corrected chi connectivity index (χ0v) is 6.83. The highest BCUT2D eigenvalue weighted by Gasteiger charge is 2.24. The van der Waals surface area contributed by atoms with E-state index in [1.165, 1.54) is 0 Å². The van der Waals surface area contributed by atoms with Gasteiger partial charge in [-0.15, -0.1) is 0 Å². The molecule has 54 valence electrons. The summed E-state index contributed by atoms with van der Waals surface area (Å²) in [4.78, 5) is 8.44. The van der Waals surface area contributed by atoms with Crippen LogP contribution < -0.4 is 0 Å². The molecule has 1 aliphatic rings. The first kappa shape index (κ1) is 7.83. The maximum absolute atomic E-state index is 10.2. The fourth-order valence-corrected chi connectivity index (χ4v) is 3.27. The molecule has 2 atom stereocenters. The molecule has 0 aromatic heterocycles. The minimum absolute atomic E-state index is 2.23. The van der Waals surface area contributed by atoms with Gasteiger partial charge < -0.3 is 4.89 Å². The molecule has 1 heterocycles. The molecule has 6 nitrogen and oxygen atoms in total. The van der Waals surface area contributed by atoms with Crippen LogP contribution in [0.1, 0.15) is 0 Å². The molecule has 0 saturated carbocycles. The Morgan fingerprint density at radius 2 is 1.67 bits per heavy atom. The van der Waals surface area contributed by atoms with Gasteiger partial charge >= 0.3 is 25.1 Å². The molecule has 9 heteroatoms. The lowest BCUT2D eigenvalue weighted by Crippen LogP contribution is -1.83. The summed E-state index contributed by atoms with van der Waals surface area (Å²) in [6.07, 6.45) is 0. The average Bonchev–Trinajstić information content (AvgIpc) is 1.59. The second-order valence-electron chi connectivity index (χ2n) is 1.02.